The van der Waals surface area contributed by atoms with Gasteiger partial charge in [-0.1, -0.05) is 18.2 Å². The van der Waals surface area contributed by atoms with Gasteiger partial charge in [0.1, 0.15) is 11.4 Å². The molecule has 1 heterocycles. The number of thioether (sulfide) groups is 2. The Bertz CT molecular complexity index is 720. The van der Waals surface area contributed by atoms with Gasteiger partial charge in [-0.05, 0) is 50.5 Å². The molecule has 1 aromatic heterocycles. The molecule has 0 aliphatic heterocycles. The fraction of sp³-hybridized carbons (Fsp3) is 0.250. The van der Waals surface area contributed by atoms with Gasteiger partial charge in [0.2, 0.25) is 0 Å². The Balaban J connectivity index is 0.000000377. The van der Waals surface area contributed by atoms with Crippen molar-refractivity contribution in [2.75, 3.05) is 20.0 Å². The molecule has 0 fully saturated rings. The Morgan fingerprint density at radius 1 is 1.26 bits per heavy atom. The van der Waals surface area contributed by atoms with Crippen LogP contribution in [0.5, 0.6) is 5.75 Å². The smallest absolute Gasteiger partial charge is 0.168 e. The Morgan fingerprint density at radius 2 is 2.00 bits per heavy atom. The van der Waals surface area contributed by atoms with Crippen molar-refractivity contribution >= 4 is 36.5 Å². The molecule has 1 aromatic carbocycles. The molecule has 0 radical (unpaired) electrons. The molecule has 1 N–H and O–H groups in total. The van der Waals surface area contributed by atoms with Crippen LogP contribution in [0.1, 0.15) is 23.0 Å². The minimum absolute atomic E-state index is 0.479. The fourth-order valence-corrected chi connectivity index (χ4v) is 3.77. The van der Waals surface area contributed by atoms with E-state index in [9.17, 15) is 4.79 Å². The molecular weight excluding hydrogens is 378 g/mol. The molecule has 2 aromatic rings. The highest BCUT2D eigenvalue weighted by Gasteiger charge is 2.04. The van der Waals surface area contributed by atoms with E-state index in [2.05, 4.69) is 34.1 Å². The van der Waals surface area contributed by atoms with E-state index in [1.54, 1.807) is 55.0 Å². The highest BCUT2D eigenvalue weighted by molar-refractivity contribution is 8.21. The number of pyridine rings is 1. The van der Waals surface area contributed by atoms with E-state index in [0.29, 0.717) is 5.69 Å². The number of carbonyl (C=O) groups is 1. The molecule has 0 saturated heterocycles. The SMILES string of the molecule is C=N/C(C)=C(\SCNC)SCc1ccc(OC)cc1.O=Cc1ccccn1. The summed E-state index contributed by atoms with van der Waals surface area (Å²) >= 11 is 3.54. The molecule has 144 valence electrons. The third-order valence-corrected chi connectivity index (χ3v) is 5.95. The van der Waals surface area contributed by atoms with Crippen LogP contribution in [0, 0.1) is 0 Å². The summed E-state index contributed by atoms with van der Waals surface area (Å²) in [6.45, 7) is 5.59. The summed E-state index contributed by atoms with van der Waals surface area (Å²) in [5.74, 6) is 2.68. The molecule has 0 atom stereocenters. The molecular formula is C20H25N3O2S2. The Labute approximate surface area is 169 Å². The lowest BCUT2D eigenvalue weighted by atomic mass is 10.2. The van der Waals surface area contributed by atoms with Crippen LogP contribution in [0.15, 0.2) is 63.6 Å². The fourth-order valence-electron chi connectivity index (χ4n) is 1.77. The molecule has 5 nitrogen and oxygen atoms in total. The summed E-state index contributed by atoms with van der Waals surface area (Å²) in [4.78, 5) is 17.7. The third-order valence-electron chi connectivity index (χ3n) is 3.22. The van der Waals surface area contributed by atoms with Gasteiger partial charge in [0, 0.05) is 17.8 Å². The van der Waals surface area contributed by atoms with Crippen molar-refractivity contribution in [2.45, 2.75) is 12.7 Å². The number of nitrogens with one attached hydrogen (secondary N) is 1. The van der Waals surface area contributed by atoms with Crippen molar-refractivity contribution in [2.24, 2.45) is 4.99 Å². The van der Waals surface area contributed by atoms with E-state index in [-0.39, 0.29) is 0 Å². The van der Waals surface area contributed by atoms with Gasteiger partial charge in [-0.3, -0.25) is 14.8 Å². The summed E-state index contributed by atoms with van der Waals surface area (Å²) in [7, 11) is 3.62. The average molecular weight is 404 g/mol. The number of ether oxygens (including phenoxy) is 1. The number of methoxy groups -OCH3 is 1. The van der Waals surface area contributed by atoms with Crippen molar-refractivity contribution in [1.82, 2.24) is 10.3 Å². The van der Waals surface area contributed by atoms with Crippen LogP contribution in [0.25, 0.3) is 0 Å². The molecule has 0 unspecified atom stereocenters. The number of aromatic nitrogens is 1. The number of benzene rings is 1. The number of allylic oxidation sites excluding steroid dienone is 1. The monoisotopic (exact) mass is 403 g/mol. The van der Waals surface area contributed by atoms with Crippen LogP contribution in [-0.4, -0.2) is 38.0 Å². The summed E-state index contributed by atoms with van der Waals surface area (Å²) in [6, 6.07) is 13.3. The van der Waals surface area contributed by atoms with Crippen LogP contribution >= 0.6 is 23.5 Å². The lowest BCUT2D eigenvalue weighted by Crippen LogP contribution is -2.03. The first kappa shape index (κ1) is 23.0. The molecule has 0 saturated carbocycles. The molecule has 0 aliphatic carbocycles. The van der Waals surface area contributed by atoms with Crippen molar-refractivity contribution in [3.05, 3.63) is 69.9 Å². The molecule has 0 amide bonds. The van der Waals surface area contributed by atoms with Crippen LogP contribution in [0.2, 0.25) is 0 Å². The van der Waals surface area contributed by atoms with E-state index in [4.69, 9.17) is 4.74 Å². The van der Waals surface area contributed by atoms with Crippen molar-refractivity contribution in [3.63, 3.8) is 0 Å². The number of carbonyl (C=O) groups excluding carboxylic acids is 1. The minimum atomic E-state index is 0.479. The molecule has 2 rings (SSSR count). The summed E-state index contributed by atoms with van der Waals surface area (Å²) in [6.07, 6.45) is 2.31. The van der Waals surface area contributed by atoms with E-state index < -0.39 is 0 Å². The molecule has 0 aliphatic rings. The number of aldehydes is 1. The largest absolute Gasteiger partial charge is 0.497 e. The van der Waals surface area contributed by atoms with Crippen molar-refractivity contribution < 1.29 is 9.53 Å². The predicted molar refractivity (Wildman–Crippen MR) is 118 cm³/mol. The second kappa shape index (κ2) is 14.0. The Kier molecular flexibility index (Phi) is 11.9. The maximum Gasteiger partial charge on any atom is 0.168 e. The number of nitrogens with zero attached hydrogens (tertiary/aromatic N) is 2. The standard InChI is InChI=1S/C14H20N2OS2.C6H5NO/c1-11(16-3)14(19-10-15-2)18-9-12-5-7-13(17-4)8-6-12;8-5-6-3-1-2-4-7-6/h5-8,15H,3,9-10H2,1-2,4H3;1-5H/b14-11-;. The second-order valence-electron chi connectivity index (χ2n) is 5.18. The van der Waals surface area contributed by atoms with Crippen LogP contribution in [0.4, 0.5) is 0 Å². The first-order valence-corrected chi connectivity index (χ1v) is 10.2. The van der Waals surface area contributed by atoms with Gasteiger partial charge >= 0.3 is 0 Å². The lowest BCUT2D eigenvalue weighted by molar-refractivity contribution is 0.111. The van der Waals surface area contributed by atoms with Crippen LogP contribution in [0.3, 0.4) is 0 Å². The lowest BCUT2D eigenvalue weighted by Gasteiger charge is -2.09. The summed E-state index contributed by atoms with van der Waals surface area (Å²) in [5, 5.41) is 3.13. The van der Waals surface area contributed by atoms with Crippen molar-refractivity contribution in [1.29, 1.82) is 0 Å². The maximum absolute atomic E-state index is 9.94. The van der Waals surface area contributed by atoms with Gasteiger partial charge < -0.3 is 10.1 Å². The number of rotatable bonds is 9. The van der Waals surface area contributed by atoms with Crippen LogP contribution in [-0.2, 0) is 5.75 Å². The maximum atomic E-state index is 9.94. The van der Waals surface area contributed by atoms with E-state index >= 15 is 0 Å². The van der Waals surface area contributed by atoms with Gasteiger partial charge in [-0.25, -0.2) is 0 Å². The second-order valence-corrected chi connectivity index (χ2v) is 7.41. The number of hydrogen-bond acceptors (Lipinski definition) is 7. The predicted octanol–water partition coefficient (Wildman–Crippen LogP) is 4.62. The van der Waals surface area contributed by atoms with E-state index in [1.165, 1.54) is 9.80 Å². The van der Waals surface area contributed by atoms with Gasteiger partial charge in [0.05, 0.1) is 17.0 Å². The highest BCUT2D eigenvalue weighted by atomic mass is 32.2. The number of hydrogen-bond donors (Lipinski definition) is 1. The number of aliphatic imine (C=N–C) groups is 1. The van der Waals surface area contributed by atoms with Gasteiger partial charge in [-0.2, -0.15) is 0 Å². The van der Waals surface area contributed by atoms with E-state index in [1.807, 2.05) is 26.1 Å². The highest BCUT2D eigenvalue weighted by Crippen LogP contribution is 2.34. The summed E-state index contributed by atoms with van der Waals surface area (Å²) in [5.41, 5.74) is 2.73. The zero-order valence-electron chi connectivity index (χ0n) is 15.8. The van der Waals surface area contributed by atoms with Crippen molar-refractivity contribution in [3.8, 4) is 5.75 Å². The quantitative estimate of drug-likeness (QED) is 0.374. The minimum Gasteiger partial charge on any atom is -0.497 e. The normalized spacial score (nSPS) is 10.9. The Hall–Kier alpha value is -2.09. The van der Waals surface area contributed by atoms with Gasteiger partial charge in [-0.15, -0.1) is 23.5 Å². The van der Waals surface area contributed by atoms with E-state index in [0.717, 1.165) is 29.4 Å². The zero-order valence-corrected chi connectivity index (χ0v) is 17.5. The summed E-state index contributed by atoms with van der Waals surface area (Å²) < 4.78 is 6.36. The molecule has 0 spiro atoms. The van der Waals surface area contributed by atoms with Crippen LogP contribution < -0.4 is 10.1 Å². The zero-order chi connectivity index (χ0) is 19.9. The molecule has 7 heteroatoms. The van der Waals surface area contributed by atoms with Gasteiger partial charge in [0.25, 0.3) is 0 Å². The average Bonchev–Trinajstić information content (AvgIpc) is 2.74. The molecule has 27 heavy (non-hydrogen) atoms. The third kappa shape index (κ3) is 9.42. The Morgan fingerprint density at radius 3 is 2.48 bits per heavy atom. The topological polar surface area (TPSA) is 63.6 Å². The first-order chi connectivity index (χ1) is 13.1. The molecule has 0 bridgehead atoms. The first-order valence-electron chi connectivity index (χ1n) is 8.21. The van der Waals surface area contributed by atoms with Gasteiger partial charge in [0.15, 0.2) is 6.29 Å².